The van der Waals surface area contributed by atoms with Crippen LogP contribution in [-0.4, -0.2) is 31.0 Å². The van der Waals surface area contributed by atoms with Gasteiger partial charge in [-0.3, -0.25) is 0 Å². The molecule has 0 heterocycles. The van der Waals surface area contributed by atoms with Crippen LogP contribution in [0.2, 0.25) is 0 Å². The fourth-order valence-corrected chi connectivity index (χ4v) is 2.38. The maximum atomic E-state index is 9.91. The Kier molecular flexibility index (Phi) is 5.58. The zero-order valence-electron chi connectivity index (χ0n) is 9.87. The van der Waals surface area contributed by atoms with Crippen LogP contribution in [-0.2, 0) is 4.74 Å². The van der Waals surface area contributed by atoms with Gasteiger partial charge in [0, 0.05) is 25.2 Å². The molecule has 0 aromatic heterocycles. The van der Waals surface area contributed by atoms with Gasteiger partial charge in [-0.15, -0.1) is 0 Å². The van der Waals surface area contributed by atoms with Crippen LogP contribution in [0, 0.1) is 5.41 Å². The average Bonchev–Trinajstić information content (AvgIpc) is 2.61. The molecule has 0 spiro atoms. The molecular weight excluding hydrogens is 190 g/mol. The lowest BCUT2D eigenvalue weighted by Crippen LogP contribution is -2.38. The summed E-state index contributed by atoms with van der Waals surface area (Å²) in [7, 11) is 0. The van der Waals surface area contributed by atoms with Gasteiger partial charge in [0.15, 0.2) is 0 Å². The van der Waals surface area contributed by atoms with Crippen LogP contribution in [0.5, 0.6) is 0 Å². The molecule has 3 N–H and O–H groups in total. The van der Waals surface area contributed by atoms with Gasteiger partial charge in [-0.1, -0.05) is 19.8 Å². The maximum absolute atomic E-state index is 9.91. The summed E-state index contributed by atoms with van der Waals surface area (Å²) in [6.07, 6.45) is 6.07. The van der Waals surface area contributed by atoms with E-state index >= 15 is 0 Å². The van der Waals surface area contributed by atoms with Crippen LogP contribution in [0.4, 0.5) is 0 Å². The van der Waals surface area contributed by atoms with Gasteiger partial charge >= 0.3 is 0 Å². The van der Waals surface area contributed by atoms with Gasteiger partial charge in [0.2, 0.25) is 0 Å². The fraction of sp³-hybridized carbons (Fsp3) is 1.00. The van der Waals surface area contributed by atoms with E-state index in [1.807, 2.05) is 0 Å². The van der Waals surface area contributed by atoms with E-state index in [1.54, 1.807) is 0 Å². The van der Waals surface area contributed by atoms with Gasteiger partial charge < -0.3 is 15.6 Å². The van der Waals surface area contributed by atoms with Crippen LogP contribution < -0.4 is 5.73 Å². The lowest BCUT2D eigenvalue weighted by atomic mass is 9.81. The summed E-state index contributed by atoms with van der Waals surface area (Å²) in [6, 6.07) is 0. The number of aliphatic hydroxyl groups is 1. The molecule has 1 saturated carbocycles. The topological polar surface area (TPSA) is 55.5 Å². The zero-order valence-corrected chi connectivity index (χ0v) is 9.87. The number of hydrogen-bond donors (Lipinski definition) is 2. The first kappa shape index (κ1) is 12.9. The highest BCUT2D eigenvalue weighted by molar-refractivity contribution is 4.92. The van der Waals surface area contributed by atoms with E-state index in [-0.39, 0.29) is 11.5 Å². The normalized spacial score (nSPS) is 31.0. The van der Waals surface area contributed by atoms with E-state index < -0.39 is 0 Å². The number of aliphatic hydroxyl groups excluding tert-OH is 1. The summed E-state index contributed by atoms with van der Waals surface area (Å²) in [5.74, 6) is 0. The summed E-state index contributed by atoms with van der Waals surface area (Å²) in [4.78, 5) is 0. The molecule has 90 valence electrons. The molecule has 1 aliphatic rings. The first-order valence-electron chi connectivity index (χ1n) is 6.21. The van der Waals surface area contributed by atoms with E-state index in [9.17, 15) is 5.11 Å². The molecular formula is C12H25NO2. The lowest BCUT2D eigenvalue weighted by molar-refractivity contribution is 0.0212. The fourth-order valence-electron chi connectivity index (χ4n) is 2.38. The van der Waals surface area contributed by atoms with Crippen molar-refractivity contribution in [2.45, 2.75) is 51.6 Å². The van der Waals surface area contributed by atoms with Crippen LogP contribution in [0.25, 0.3) is 0 Å². The minimum absolute atomic E-state index is 0.0494. The van der Waals surface area contributed by atoms with Crippen LogP contribution in [0.1, 0.15) is 45.4 Å². The van der Waals surface area contributed by atoms with Gasteiger partial charge in [0.25, 0.3) is 0 Å². The summed E-state index contributed by atoms with van der Waals surface area (Å²) < 4.78 is 5.54. The van der Waals surface area contributed by atoms with Crippen molar-refractivity contribution < 1.29 is 9.84 Å². The minimum atomic E-state index is -0.211. The van der Waals surface area contributed by atoms with Crippen molar-refractivity contribution >= 4 is 0 Å². The third-order valence-electron chi connectivity index (χ3n) is 3.65. The minimum Gasteiger partial charge on any atom is -0.392 e. The molecule has 2 atom stereocenters. The monoisotopic (exact) mass is 215 g/mol. The first-order valence-corrected chi connectivity index (χ1v) is 6.21. The summed E-state index contributed by atoms with van der Waals surface area (Å²) >= 11 is 0. The Labute approximate surface area is 93.0 Å². The molecule has 0 aliphatic heterocycles. The van der Waals surface area contributed by atoms with Crippen molar-refractivity contribution in [1.82, 2.24) is 0 Å². The number of nitrogens with two attached hydrogens (primary N) is 1. The highest BCUT2D eigenvalue weighted by Gasteiger charge is 2.40. The number of rotatable bonds is 7. The van der Waals surface area contributed by atoms with E-state index in [0.29, 0.717) is 6.54 Å². The zero-order chi connectivity index (χ0) is 11.1. The van der Waals surface area contributed by atoms with Gasteiger partial charge in [-0.05, 0) is 25.7 Å². The van der Waals surface area contributed by atoms with E-state index in [1.165, 1.54) is 6.42 Å². The molecule has 3 nitrogen and oxygen atoms in total. The second-order valence-corrected chi connectivity index (χ2v) is 4.69. The molecule has 0 amide bonds. The average molecular weight is 215 g/mol. The second-order valence-electron chi connectivity index (χ2n) is 4.69. The van der Waals surface area contributed by atoms with Crippen LogP contribution in [0.3, 0.4) is 0 Å². The quantitative estimate of drug-likeness (QED) is 0.635. The summed E-state index contributed by atoms with van der Waals surface area (Å²) in [6.45, 7) is 4.33. The second kappa shape index (κ2) is 6.46. The highest BCUT2D eigenvalue weighted by Crippen LogP contribution is 2.40. The van der Waals surface area contributed by atoms with Gasteiger partial charge in [0.05, 0.1) is 6.10 Å². The van der Waals surface area contributed by atoms with Crippen molar-refractivity contribution in [1.29, 1.82) is 0 Å². The molecule has 3 heteroatoms. The van der Waals surface area contributed by atoms with Gasteiger partial charge in [0.1, 0.15) is 0 Å². The predicted molar refractivity (Wildman–Crippen MR) is 61.7 cm³/mol. The van der Waals surface area contributed by atoms with Gasteiger partial charge in [-0.2, -0.15) is 0 Å². The van der Waals surface area contributed by atoms with E-state index in [0.717, 1.165) is 45.3 Å². The Bertz CT molecular complexity index is 175. The third kappa shape index (κ3) is 3.44. The Morgan fingerprint density at radius 1 is 1.47 bits per heavy atom. The third-order valence-corrected chi connectivity index (χ3v) is 3.65. The molecule has 1 aliphatic carbocycles. The SMILES string of the molecule is CCCCOCCC1(CN)CCCC1O. The van der Waals surface area contributed by atoms with Crippen molar-refractivity contribution in [3.8, 4) is 0 Å². The standard InChI is InChI=1S/C12H25NO2/c1-2-3-8-15-9-7-12(10-13)6-4-5-11(12)14/h11,14H,2-10,13H2,1H3. The molecule has 1 fully saturated rings. The maximum Gasteiger partial charge on any atom is 0.0609 e. The highest BCUT2D eigenvalue weighted by atomic mass is 16.5. The van der Waals surface area contributed by atoms with Crippen LogP contribution in [0.15, 0.2) is 0 Å². The molecule has 1 rings (SSSR count). The molecule has 0 saturated heterocycles. The van der Waals surface area contributed by atoms with Crippen molar-refractivity contribution in [3.63, 3.8) is 0 Å². The van der Waals surface area contributed by atoms with Crippen molar-refractivity contribution in [2.75, 3.05) is 19.8 Å². The lowest BCUT2D eigenvalue weighted by Gasteiger charge is -2.31. The summed E-state index contributed by atoms with van der Waals surface area (Å²) in [5, 5.41) is 9.91. The number of unbranched alkanes of at least 4 members (excludes halogenated alkanes) is 1. The molecule has 0 aromatic rings. The predicted octanol–water partition coefficient (Wildman–Crippen LogP) is 1.68. The number of ether oxygens (including phenoxy) is 1. The molecule has 0 radical (unpaired) electrons. The Morgan fingerprint density at radius 2 is 2.27 bits per heavy atom. The molecule has 0 aromatic carbocycles. The molecule has 0 bridgehead atoms. The smallest absolute Gasteiger partial charge is 0.0609 e. The van der Waals surface area contributed by atoms with Crippen LogP contribution >= 0.6 is 0 Å². The summed E-state index contributed by atoms with van der Waals surface area (Å²) in [5.41, 5.74) is 5.74. The number of hydrogen-bond acceptors (Lipinski definition) is 3. The van der Waals surface area contributed by atoms with Gasteiger partial charge in [-0.25, -0.2) is 0 Å². The first-order chi connectivity index (χ1) is 7.25. The molecule has 2 unspecified atom stereocenters. The van der Waals surface area contributed by atoms with Crippen molar-refractivity contribution in [3.05, 3.63) is 0 Å². The Hall–Kier alpha value is -0.120. The van der Waals surface area contributed by atoms with Crippen molar-refractivity contribution in [2.24, 2.45) is 11.1 Å². The Morgan fingerprint density at radius 3 is 2.80 bits per heavy atom. The Balaban J connectivity index is 2.22. The van der Waals surface area contributed by atoms with E-state index in [2.05, 4.69) is 6.92 Å². The molecule has 15 heavy (non-hydrogen) atoms. The largest absolute Gasteiger partial charge is 0.392 e. The van der Waals surface area contributed by atoms with E-state index in [4.69, 9.17) is 10.5 Å².